The molecule has 0 saturated carbocycles. The zero-order chi connectivity index (χ0) is 23.1. The van der Waals surface area contributed by atoms with Crippen LogP contribution in [0.5, 0.6) is 11.5 Å². The Balaban J connectivity index is 1.88. The van der Waals surface area contributed by atoms with E-state index < -0.39 is 28.4 Å². The molecule has 1 aromatic carbocycles. The van der Waals surface area contributed by atoms with E-state index in [1.807, 2.05) is 12.1 Å². The third-order valence-electron chi connectivity index (χ3n) is 8.22. The maximum absolute atomic E-state index is 13.8. The summed E-state index contributed by atoms with van der Waals surface area (Å²) in [4.78, 5) is 41.2. The summed E-state index contributed by atoms with van der Waals surface area (Å²) in [5.41, 5.74) is -3.00. The molecule has 1 N–H and O–H groups in total. The molecular formula is C25H29NO6. The van der Waals surface area contributed by atoms with Gasteiger partial charge in [-0.3, -0.25) is 14.4 Å². The summed E-state index contributed by atoms with van der Waals surface area (Å²) in [6.07, 6.45) is 4.97. The van der Waals surface area contributed by atoms with Gasteiger partial charge in [0.1, 0.15) is 0 Å². The number of carbonyl (C=O) groups is 3. The van der Waals surface area contributed by atoms with E-state index in [4.69, 9.17) is 9.47 Å². The van der Waals surface area contributed by atoms with Gasteiger partial charge in [0.25, 0.3) is 0 Å². The van der Waals surface area contributed by atoms with Gasteiger partial charge in [0.05, 0.1) is 5.41 Å². The van der Waals surface area contributed by atoms with E-state index in [0.717, 1.165) is 17.5 Å². The first kappa shape index (κ1) is 21.3. The highest BCUT2D eigenvalue weighted by molar-refractivity contribution is 6.03. The summed E-state index contributed by atoms with van der Waals surface area (Å²) in [5.74, 6) is -0.827. The number of likely N-dealkylation sites (N-methyl/N-ethyl adjacent to an activating group) is 1. The second-order valence-electron chi connectivity index (χ2n) is 9.50. The minimum Gasteiger partial charge on any atom is -0.470 e. The van der Waals surface area contributed by atoms with E-state index in [2.05, 4.69) is 11.9 Å². The van der Waals surface area contributed by atoms with Crippen molar-refractivity contribution in [3.8, 4) is 11.5 Å². The lowest BCUT2D eigenvalue weighted by Gasteiger charge is -2.62. The first-order valence-corrected chi connectivity index (χ1v) is 11.4. The van der Waals surface area contributed by atoms with Crippen LogP contribution in [0.2, 0.25) is 0 Å². The fourth-order valence-corrected chi connectivity index (χ4v) is 6.76. The van der Waals surface area contributed by atoms with Gasteiger partial charge in [-0.15, -0.1) is 0 Å². The average Bonchev–Trinajstić information content (AvgIpc) is 3.10. The van der Waals surface area contributed by atoms with Gasteiger partial charge in [0.2, 0.25) is 5.60 Å². The molecule has 4 aliphatic rings. The minimum absolute atomic E-state index is 0.103. The van der Waals surface area contributed by atoms with Gasteiger partial charge in [-0.05, 0) is 51.1 Å². The summed E-state index contributed by atoms with van der Waals surface area (Å²) in [6.45, 7) is 5.43. The lowest BCUT2D eigenvalue weighted by molar-refractivity contribution is -0.188. The standard InChI is InChI=1S/C25H29NO6/c1-5-19(28)25-23-11-12-26(4)17(16(23)9-10-24(25,30)14(3)27)13-15-7-8-18(31-20(29)6-2)22(32-25)21(15)23/h7-10,16-17,30H,5-6,11-13H2,1-4H3/t16-,17+,23-,24+,25+/m0/s1. The fraction of sp³-hybridized carbons (Fsp3) is 0.560. The van der Waals surface area contributed by atoms with Crippen LogP contribution in [-0.4, -0.2) is 58.4 Å². The molecule has 2 heterocycles. The topological polar surface area (TPSA) is 93.1 Å². The number of rotatable bonds is 5. The largest absolute Gasteiger partial charge is 0.470 e. The van der Waals surface area contributed by atoms with Crippen molar-refractivity contribution in [3.63, 3.8) is 0 Å². The lowest BCUT2D eigenvalue weighted by atomic mass is 9.44. The van der Waals surface area contributed by atoms with E-state index >= 15 is 0 Å². The van der Waals surface area contributed by atoms with Crippen molar-refractivity contribution in [2.75, 3.05) is 13.6 Å². The van der Waals surface area contributed by atoms with E-state index in [0.29, 0.717) is 18.7 Å². The Kier molecular flexibility index (Phi) is 4.50. The monoisotopic (exact) mass is 439 g/mol. The molecule has 0 radical (unpaired) electrons. The second-order valence-corrected chi connectivity index (χ2v) is 9.50. The van der Waals surface area contributed by atoms with Crippen molar-refractivity contribution in [2.45, 2.75) is 69.1 Å². The van der Waals surface area contributed by atoms with Crippen LogP contribution in [0.4, 0.5) is 0 Å². The summed E-state index contributed by atoms with van der Waals surface area (Å²) >= 11 is 0. The van der Waals surface area contributed by atoms with Crippen LogP contribution in [0.1, 0.15) is 51.2 Å². The Bertz CT molecular complexity index is 1080. The van der Waals surface area contributed by atoms with Crippen molar-refractivity contribution in [2.24, 2.45) is 5.92 Å². The molecular weight excluding hydrogens is 410 g/mol. The Morgan fingerprint density at radius 3 is 2.66 bits per heavy atom. The van der Waals surface area contributed by atoms with Crippen LogP contribution in [0.15, 0.2) is 24.3 Å². The van der Waals surface area contributed by atoms with Crippen LogP contribution >= 0.6 is 0 Å². The predicted octanol–water partition coefficient (Wildman–Crippen LogP) is 2.12. The third kappa shape index (κ3) is 2.21. The molecule has 5 rings (SSSR count). The van der Waals surface area contributed by atoms with Crippen molar-refractivity contribution in [3.05, 3.63) is 35.4 Å². The molecule has 5 atom stereocenters. The number of nitrogens with zero attached hydrogens (tertiary/aromatic N) is 1. The molecule has 1 spiro atoms. The number of aliphatic hydroxyl groups is 1. The summed E-state index contributed by atoms with van der Waals surface area (Å²) < 4.78 is 12.1. The Morgan fingerprint density at radius 1 is 1.25 bits per heavy atom. The van der Waals surface area contributed by atoms with Crippen LogP contribution < -0.4 is 9.47 Å². The quantitative estimate of drug-likeness (QED) is 0.427. The molecule has 32 heavy (non-hydrogen) atoms. The lowest BCUT2D eigenvalue weighted by Crippen LogP contribution is -2.79. The first-order valence-electron chi connectivity index (χ1n) is 11.4. The molecule has 2 bridgehead atoms. The number of likely N-dealkylation sites (tertiary alicyclic amines) is 1. The third-order valence-corrected chi connectivity index (χ3v) is 8.22. The van der Waals surface area contributed by atoms with Crippen LogP contribution in [0.3, 0.4) is 0 Å². The van der Waals surface area contributed by atoms with Gasteiger partial charge in [-0.25, -0.2) is 0 Å². The van der Waals surface area contributed by atoms with E-state index in [1.54, 1.807) is 19.9 Å². The molecule has 2 aliphatic heterocycles. The van der Waals surface area contributed by atoms with E-state index in [1.165, 1.54) is 13.0 Å². The van der Waals surface area contributed by atoms with E-state index in [-0.39, 0.29) is 36.3 Å². The summed E-state index contributed by atoms with van der Waals surface area (Å²) in [7, 11) is 2.07. The number of benzene rings is 1. The van der Waals surface area contributed by atoms with Crippen LogP contribution in [0, 0.1) is 5.92 Å². The molecule has 7 nitrogen and oxygen atoms in total. The molecule has 7 heteroatoms. The Morgan fingerprint density at radius 2 is 2.00 bits per heavy atom. The zero-order valence-electron chi connectivity index (χ0n) is 18.9. The van der Waals surface area contributed by atoms with Gasteiger partial charge in [-0.1, -0.05) is 26.0 Å². The summed E-state index contributed by atoms with van der Waals surface area (Å²) in [5, 5.41) is 11.9. The fourth-order valence-electron chi connectivity index (χ4n) is 6.76. The van der Waals surface area contributed by atoms with Crippen LogP contribution in [0.25, 0.3) is 0 Å². The molecule has 2 aliphatic carbocycles. The zero-order valence-corrected chi connectivity index (χ0v) is 18.9. The van der Waals surface area contributed by atoms with Gasteiger partial charge in [-0.2, -0.15) is 0 Å². The number of Topliss-reactive ketones (excluding diaryl/α,β-unsaturated/α-hetero) is 2. The molecule has 0 amide bonds. The second kappa shape index (κ2) is 6.75. The molecule has 1 aromatic rings. The molecule has 1 saturated heterocycles. The van der Waals surface area contributed by atoms with Crippen molar-refractivity contribution >= 4 is 17.5 Å². The minimum atomic E-state index is -2.11. The number of hydrogen-bond donors (Lipinski definition) is 1. The molecule has 170 valence electrons. The van der Waals surface area contributed by atoms with Gasteiger partial charge in [0, 0.05) is 30.4 Å². The normalized spacial score (nSPS) is 36.3. The Hall–Kier alpha value is -2.51. The highest BCUT2D eigenvalue weighted by atomic mass is 16.6. The average molecular weight is 440 g/mol. The Labute approximate surface area is 187 Å². The summed E-state index contributed by atoms with van der Waals surface area (Å²) in [6, 6.07) is 3.74. The van der Waals surface area contributed by atoms with Crippen molar-refractivity contribution in [1.82, 2.24) is 4.90 Å². The SMILES string of the molecule is CCC(=O)Oc1ccc2c3c1O[C@@]1(C(=O)CC)[C@](O)(C(C)=O)C=C[C@H]4[C@@H](C2)N(C)CC[C@@]341. The van der Waals surface area contributed by atoms with Gasteiger partial charge < -0.3 is 19.5 Å². The molecule has 1 fully saturated rings. The maximum Gasteiger partial charge on any atom is 0.311 e. The first-order chi connectivity index (χ1) is 15.2. The number of esters is 1. The number of piperidine rings is 1. The van der Waals surface area contributed by atoms with E-state index in [9.17, 15) is 19.5 Å². The number of hydrogen-bond acceptors (Lipinski definition) is 7. The molecule has 0 aromatic heterocycles. The molecule has 0 unspecified atom stereocenters. The van der Waals surface area contributed by atoms with Crippen LogP contribution in [-0.2, 0) is 26.2 Å². The predicted molar refractivity (Wildman–Crippen MR) is 116 cm³/mol. The van der Waals surface area contributed by atoms with Gasteiger partial charge >= 0.3 is 5.97 Å². The van der Waals surface area contributed by atoms with Gasteiger partial charge in [0.15, 0.2) is 28.7 Å². The smallest absolute Gasteiger partial charge is 0.311 e. The van der Waals surface area contributed by atoms with Crippen molar-refractivity contribution in [1.29, 1.82) is 0 Å². The number of carbonyl (C=O) groups excluding carboxylic acids is 3. The number of ketones is 2. The highest BCUT2D eigenvalue weighted by Crippen LogP contribution is 2.68. The van der Waals surface area contributed by atoms with Crippen molar-refractivity contribution < 1.29 is 29.0 Å². The number of ether oxygens (including phenoxy) is 2. The maximum atomic E-state index is 13.8. The highest BCUT2D eigenvalue weighted by Gasteiger charge is 2.80.